The van der Waals surface area contributed by atoms with E-state index in [1.165, 1.54) is 87.1 Å². The Bertz CT molecular complexity index is 1780. The van der Waals surface area contributed by atoms with Gasteiger partial charge in [0.25, 0.3) is 10.1 Å². The monoisotopic (exact) mass is 794 g/mol. The van der Waals surface area contributed by atoms with E-state index in [2.05, 4.69) is 13.8 Å². The van der Waals surface area contributed by atoms with Crippen LogP contribution in [0.5, 0.6) is 34.5 Å². The number of hydrogen-bond acceptors (Lipinski definition) is 9. The van der Waals surface area contributed by atoms with Crippen LogP contribution in [0.3, 0.4) is 0 Å². The number of phenols is 1. The number of phenolic OH excluding ortho intramolecular Hbond substituents is 1. The minimum Gasteiger partial charge on any atom is -0.872 e. The Morgan fingerprint density at radius 1 is 0.585 bits per heavy atom. The van der Waals surface area contributed by atoms with Crippen LogP contribution in [0.2, 0.25) is 0 Å². The van der Waals surface area contributed by atoms with Crippen molar-refractivity contribution < 1.29 is 45.6 Å². The summed E-state index contributed by atoms with van der Waals surface area (Å²) in [7, 11) is -8.78. The number of benzene rings is 4. The van der Waals surface area contributed by atoms with Gasteiger partial charge in [0.15, 0.2) is 0 Å². The van der Waals surface area contributed by atoms with Gasteiger partial charge in [0.2, 0.25) is 0 Å². The molecule has 0 aromatic heterocycles. The van der Waals surface area contributed by atoms with Gasteiger partial charge in [0.1, 0.15) is 38.9 Å². The molecule has 53 heavy (non-hydrogen) atoms. The van der Waals surface area contributed by atoms with Crippen LogP contribution < -0.4 is 14.6 Å². The summed E-state index contributed by atoms with van der Waals surface area (Å²) in [6, 6.07) is 20.9. The van der Waals surface area contributed by atoms with Crippen LogP contribution in [0.25, 0.3) is 0 Å². The van der Waals surface area contributed by atoms with Crippen molar-refractivity contribution in [1.29, 1.82) is 0 Å². The zero-order valence-corrected chi connectivity index (χ0v) is 34.5. The van der Waals surface area contributed by atoms with Crippen molar-refractivity contribution in [2.75, 3.05) is 0 Å². The molecule has 10 nitrogen and oxygen atoms in total. The van der Waals surface area contributed by atoms with Gasteiger partial charge in [-0.2, -0.15) is 8.42 Å². The molecule has 0 heterocycles. The summed E-state index contributed by atoms with van der Waals surface area (Å²) in [5.41, 5.74) is 1.38. The average molecular weight is 795 g/mol. The largest absolute Gasteiger partial charge is 2.00 e. The minimum absolute atomic E-state index is 0. The van der Waals surface area contributed by atoms with Crippen LogP contribution in [0.1, 0.15) is 102 Å². The number of rotatable bonds is 20. The summed E-state index contributed by atoms with van der Waals surface area (Å²) >= 11 is 0. The van der Waals surface area contributed by atoms with E-state index in [0.717, 1.165) is 44.1 Å². The van der Waals surface area contributed by atoms with E-state index in [1.54, 1.807) is 36.4 Å². The zero-order valence-electron chi connectivity index (χ0n) is 30.7. The molecular weight excluding hydrogens is 745 g/mol. The first-order chi connectivity index (χ1) is 24.8. The SMILES string of the molecule is CCCCCCCCc1cc(S(=O)(=O)O)ccc1Oc1cccc(O)c1.CCCCCCCCc1cc(S(=O)(=O)[O-])ccc1Oc1cccc([O-])c1.[Ca+2]. The van der Waals surface area contributed by atoms with Crippen molar-refractivity contribution in [1.82, 2.24) is 0 Å². The Morgan fingerprint density at radius 3 is 1.51 bits per heavy atom. The standard InChI is InChI=1S/2C20H26O5S.Ca/c2*1-2-3-4-5-6-7-9-16-14-19(26(22,23)24)12-13-20(16)25-18-11-8-10-17(21)15-18;/h2*8,10-15,21H,2-7,9H2,1H3,(H,22,23,24);/q;;+2/p-2. The normalized spacial score (nSPS) is 11.2. The summed E-state index contributed by atoms with van der Waals surface area (Å²) in [4.78, 5) is -0.398. The molecule has 0 aliphatic carbocycles. The van der Waals surface area contributed by atoms with Gasteiger partial charge in [0.05, 0.1) is 9.79 Å². The first-order valence-corrected chi connectivity index (χ1v) is 20.8. The van der Waals surface area contributed by atoms with Crippen molar-refractivity contribution in [2.24, 2.45) is 0 Å². The fourth-order valence-electron chi connectivity index (χ4n) is 5.55. The molecule has 0 atom stereocenters. The molecule has 4 aromatic carbocycles. The second-order valence-electron chi connectivity index (χ2n) is 12.7. The molecule has 4 rings (SSSR count). The number of aromatic hydroxyl groups is 1. The summed E-state index contributed by atoms with van der Waals surface area (Å²) in [5.74, 6) is 1.77. The van der Waals surface area contributed by atoms with Crippen molar-refractivity contribution in [3.8, 4) is 34.5 Å². The number of aryl methyl sites for hydroxylation is 2. The molecule has 0 aliphatic heterocycles. The smallest absolute Gasteiger partial charge is 0.872 e. The van der Waals surface area contributed by atoms with Gasteiger partial charge in [-0.3, -0.25) is 4.55 Å². The first kappa shape index (κ1) is 46.3. The third kappa shape index (κ3) is 17.4. The van der Waals surface area contributed by atoms with Crippen molar-refractivity contribution in [3.05, 3.63) is 96.1 Å². The van der Waals surface area contributed by atoms with E-state index in [1.807, 2.05) is 0 Å². The van der Waals surface area contributed by atoms with Gasteiger partial charge in [-0.1, -0.05) is 96.3 Å². The molecule has 2 N–H and O–H groups in total. The maximum Gasteiger partial charge on any atom is 2.00 e. The van der Waals surface area contributed by atoms with Crippen LogP contribution >= 0.6 is 0 Å². The minimum atomic E-state index is -4.52. The van der Waals surface area contributed by atoms with Crippen LogP contribution in [-0.4, -0.2) is 68.8 Å². The van der Waals surface area contributed by atoms with E-state index in [0.29, 0.717) is 41.4 Å². The quantitative estimate of drug-likeness (QED) is 0.0499. The van der Waals surface area contributed by atoms with Gasteiger partial charge in [0, 0.05) is 6.07 Å². The maximum atomic E-state index is 11.4. The van der Waals surface area contributed by atoms with Crippen LogP contribution in [0, 0.1) is 0 Å². The molecule has 13 heteroatoms. The Balaban J connectivity index is 0.000000360. The molecule has 0 saturated carbocycles. The second kappa shape index (κ2) is 23.8. The van der Waals surface area contributed by atoms with E-state index in [4.69, 9.17) is 9.47 Å². The molecule has 0 unspecified atom stereocenters. The van der Waals surface area contributed by atoms with E-state index in [-0.39, 0.29) is 59.0 Å². The Labute approximate surface area is 345 Å². The van der Waals surface area contributed by atoms with Crippen molar-refractivity contribution >= 4 is 58.0 Å². The molecular formula is C40H50CaO10S2. The molecule has 0 amide bonds. The summed E-state index contributed by atoms with van der Waals surface area (Å²) in [6.07, 6.45) is 14.6. The van der Waals surface area contributed by atoms with Gasteiger partial charge in [-0.25, -0.2) is 8.42 Å². The fraction of sp³-hybridized carbons (Fsp3) is 0.400. The molecule has 284 valence electrons. The summed E-state index contributed by atoms with van der Waals surface area (Å²) < 4.78 is 77.7. The molecule has 0 fully saturated rings. The number of hydrogen-bond donors (Lipinski definition) is 2. The third-order valence-electron chi connectivity index (χ3n) is 8.33. The number of ether oxygens (including phenoxy) is 2. The molecule has 0 radical (unpaired) electrons. The van der Waals surface area contributed by atoms with Crippen molar-refractivity contribution in [2.45, 2.75) is 114 Å². The maximum absolute atomic E-state index is 11.4. The van der Waals surface area contributed by atoms with E-state index in [9.17, 15) is 36.2 Å². The molecule has 4 aromatic rings. The molecule has 0 saturated heterocycles. The summed E-state index contributed by atoms with van der Waals surface area (Å²) in [5, 5.41) is 21.0. The van der Waals surface area contributed by atoms with E-state index >= 15 is 0 Å². The summed E-state index contributed by atoms with van der Waals surface area (Å²) in [6.45, 7) is 4.33. The van der Waals surface area contributed by atoms with Crippen molar-refractivity contribution in [3.63, 3.8) is 0 Å². The predicted molar refractivity (Wildman–Crippen MR) is 205 cm³/mol. The van der Waals surface area contributed by atoms with E-state index < -0.39 is 20.2 Å². The first-order valence-electron chi connectivity index (χ1n) is 17.9. The molecule has 0 aliphatic rings. The van der Waals surface area contributed by atoms with Gasteiger partial charge in [-0.15, -0.1) is 5.75 Å². The second-order valence-corrected chi connectivity index (χ2v) is 15.5. The molecule has 0 spiro atoms. The van der Waals surface area contributed by atoms with Crippen LogP contribution in [0.4, 0.5) is 0 Å². The molecule has 0 bridgehead atoms. The Kier molecular flexibility index (Phi) is 20.8. The third-order valence-corrected chi connectivity index (χ3v) is 10.0. The van der Waals surface area contributed by atoms with Crippen LogP contribution in [0.15, 0.2) is 94.7 Å². The average Bonchev–Trinajstić information content (AvgIpc) is 3.08. The van der Waals surface area contributed by atoms with Gasteiger partial charge in [-0.05, 0) is 97.5 Å². The topological polar surface area (TPSA) is 173 Å². The van der Waals surface area contributed by atoms with Gasteiger partial charge < -0.3 is 24.2 Å². The number of unbranched alkanes of at least 4 members (excludes halogenated alkanes) is 10. The van der Waals surface area contributed by atoms with Crippen LogP contribution in [-0.2, 0) is 33.1 Å². The zero-order chi connectivity index (χ0) is 38.0. The Morgan fingerprint density at radius 2 is 1.04 bits per heavy atom. The predicted octanol–water partition coefficient (Wildman–Crippen LogP) is 9.31. The Hall–Kier alpha value is -2.84. The fourth-order valence-corrected chi connectivity index (χ4v) is 6.60. The van der Waals surface area contributed by atoms with Gasteiger partial charge >= 0.3 is 37.7 Å².